The number of piperidine rings is 1. The fourth-order valence-electron chi connectivity index (χ4n) is 4.06. The second kappa shape index (κ2) is 11.6. The molecule has 1 saturated heterocycles. The summed E-state index contributed by atoms with van der Waals surface area (Å²) in [5.74, 6) is 2.43. The Kier molecular flexibility index (Phi) is 8.59. The molecular formula is C25H36N4O2. The van der Waals surface area contributed by atoms with Gasteiger partial charge >= 0.3 is 0 Å². The number of rotatable bonds is 8. The molecule has 2 aromatic rings. The number of nitrogens with one attached hydrogen (secondary N) is 2. The molecule has 1 aliphatic rings. The van der Waals surface area contributed by atoms with E-state index in [9.17, 15) is 0 Å². The summed E-state index contributed by atoms with van der Waals surface area (Å²) >= 11 is 0. The van der Waals surface area contributed by atoms with Gasteiger partial charge in [-0.3, -0.25) is 4.90 Å². The molecular weight excluding hydrogens is 388 g/mol. The average molecular weight is 425 g/mol. The topological polar surface area (TPSA) is 58.1 Å². The van der Waals surface area contributed by atoms with Crippen LogP contribution in [0.3, 0.4) is 0 Å². The van der Waals surface area contributed by atoms with E-state index in [1.807, 2.05) is 18.2 Å². The van der Waals surface area contributed by atoms with E-state index in [1.54, 1.807) is 14.2 Å². The molecule has 2 N–H and O–H groups in total. The molecule has 2 unspecified atom stereocenters. The zero-order chi connectivity index (χ0) is 22.1. The van der Waals surface area contributed by atoms with Gasteiger partial charge in [-0.25, -0.2) is 4.99 Å². The van der Waals surface area contributed by atoms with Crippen molar-refractivity contribution < 1.29 is 9.47 Å². The number of hydrogen-bond donors (Lipinski definition) is 2. The summed E-state index contributed by atoms with van der Waals surface area (Å²) in [6.07, 6.45) is 2.20. The lowest BCUT2D eigenvalue weighted by atomic mass is 9.97. The molecule has 0 bridgehead atoms. The van der Waals surface area contributed by atoms with Crippen molar-refractivity contribution in [2.75, 3.05) is 27.3 Å². The lowest BCUT2D eigenvalue weighted by molar-refractivity contribution is 0.134. The molecule has 2 aromatic carbocycles. The molecule has 1 aliphatic heterocycles. The van der Waals surface area contributed by atoms with Crippen LogP contribution in [0.5, 0.6) is 11.5 Å². The number of guanidine groups is 1. The summed E-state index contributed by atoms with van der Waals surface area (Å²) in [4.78, 5) is 7.38. The summed E-state index contributed by atoms with van der Waals surface area (Å²) in [7, 11) is 3.34. The second-order valence-electron chi connectivity index (χ2n) is 8.04. The van der Waals surface area contributed by atoms with Crippen molar-refractivity contribution in [3.05, 3.63) is 59.7 Å². The summed E-state index contributed by atoms with van der Waals surface area (Å²) < 4.78 is 10.8. The first-order valence-electron chi connectivity index (χ1n) is 11.2. The zero-order valence-electron chi connectivity index (χ0n) is 19.2. The van der Waals surface area contributed by atoms with Crippen LogP contribution in [0.25, 0.3) is 0 Å². The van der Waals surface area contributed by atoms with Gasteiger partial charge in [0.25, 0.3) is 0 Å². The molecule has 6 nitrogen and oxygen atoms in total. The molecule has 3 rings (SSSR count). The van der Waals surface area contributed by atoms with Gasteiger partial charge in [-0.05, 0) is 44.4 Å². The van der Waals surface area contributed by atoms with Gasteiger partial charge in [-0.2, -0.15) is 0 Å². The lowest BCUT2D eigenvalue weighted by Gasteiger charge is -2.38. The van der Waals surface area contributed by atoms with E-state index in [0.29, 0.717) is 18.6 Å². The van der Waals surface area contributed by atoms with Crippen LogP contribution in [-0.2, 0) is 13.1 Å². The third-order valence-corrected chi connectivity index (χ3v) is 5.83. The normalized spacial score (nSPS) is 19.7. The Morgan fingerprint density at radius 2 is 1.94 bits per heavy atom. The van der Waals surface area contributed by atoms with Crippen molar-refractivity contribution in [3.63, 3.8) is 0 Å². The molecule has 1 heterocycles. The molecule has 0 spiro atoms. The summed E-state index contributed by atoms with van der Waals surface area (Å²) in [6, 6.07) is 17.5. The molecule has 2 atom stereocenters. The van der Waals surface area contributed by atoms with E-state index < -0.39 is 0 Å². The minimum Gasteiger partial charge on any atom is -0.497 e. The van der Waals surface area contributed by atoms with Crippen molar-refractivity contribution >= 4 is 5.96 Å². The van der Waals surface area contributed by atoms with E-state index in [0.717, 1.165) is 55.5 Å². The predicted molar refractivity (Wildman–Crippen MR) is 127 cm³/mol. The fraction of sp³-hybridized carbons (Fsp3) is 0.480. The maximum absolute atomic E-state index is 5.51. The third-order valence-electron chi connectivity index (χ3n) is 5.83. The van der Waals surface area contributed by atoms with Crippen LogP contribution in [-0.4, -0.2) is 50.3 Å². The van der Waals surface area contributed by atoms with Gasteiger partial charge in [0.2, 0.25) is 0 Å². The van der Waals surface area contributed by atoms with E-state index in [2.05, 4.69) is 59.7 Å². The zero-order valence-corrected chi connectivity index (χ0v) is 19.2. The first-order chi connectivity index (χ1) is 15.1. The van der Waals surface area contributed by atoms with E-state index in [-0.39, 0.29) is 0 Å². The van der Waals surface area contributed by atoms with Crippen molar-refractivity contribution in [2.45, 2.75) is 51.9 Å². The number of nitrogens with zero attached hydrogens (tertiary/aromatic N) is 2. The molecule has 0 saturated carbocycles. The summed E-state index contributed by atoms with van der Waals surface area (Å²) in [5, 5.41) is 7.03. The summed E-state index contributed by atoms with van der Waals surface area (Å²) in [5.41, 5.74) is 2.41. The van der Waals surface area contributed by atoms with E-state index in [4.69, 9.17) is 14.5 Å². The minimum absolute atomic E-state index is 0.414. The molecule has 0 amide bonds. The highest BCUT2D eigenvalue weighted by Crippen LogP contribution is 2.25. The van der Waals surface area contributed by atoms with Crippen molar-refractivity contribution in [2.24, 2.45) is 4.99 Å². The third kappa shape index (κ3) is 6.62. The van der Waals surface area contributed by atoms with Crippen LogP contribution in [0, 0.1) is 0 Å². The van der Waals surface area contributed by atoms with Gasteiger partial charge in [-0.15, -0.1) is 0 Å². The Morgan fingerprint density at radius 3 is 2.61 bits per heavy atom. The molecule has 1 fully saturated rings. The van der Waals surface area contributed by atoms with Gasteiger partial charge < -0.3 is 20.1 Å². The van der Waals surface area contributed by atoms with Gasteiger partial charge in [0.1, 0.15) is 11.5 Å². The van der Waals surface area contributed by atoms with Crippen LogP contribution in [0.4, 0.5) is 0 Å². The number of likely N-dealkylation sites (tertiary alicyclic amines) is 1. The van der Waals surface area contributed by atoms with Gasteiger partial charge in [0, 0.05) is 43.3 Å². The molecule has 31 heavy (non-hydrogen) atoms. The molecule has 0 aromatic heterocycles. The monoisotopic (exact) mass is 424 g/mol. The smallest absolute Gasteiger partial charge is 0.191 e. The minimum atomic E-state index is 0.414. The largest absolute Gasteiger partial charge is 0.497 e. The highest BCUT2D eigenvalue weighted by atomic mass is 16.5. The van der Waals surface area contributed by atoms with Gasteiger partial charge in [0.05, 0.1) is 20.8 Å². The fourth-order valence-corrected chi connectivity index (χ4v) is 4.06. The molecule has 0 aliphatic carbocycles. The molecule has 6 heteroatoms. The number of ether oxygens (including phenoxy) is 2. The van der Waals surface area contributed by atoms with Crippen molar-refractivity contribution in [1.29, 1.82) is 0 Å². The number of hydrogen-bond acceptors (Lipinski definition) is 4. The van der Waals surface area contributed by atoms with Crippen molar-refractivity contribution in [3.8, 4) is 11.5 Å². The molecule has 0 radical (unpaired) electrons. The van der Waals surface area contributed by atoms with Gasteiger partial charge in [0.15, 0.2) is 5.96 Å². The van der Waals surface area contributed by atoms with Crippen LogP contribution < -0.4 is 20.1 Å². The van der Waals surface area contributed by atoms with Crippen LogP contribution in [0.1, 0.15) is 37.8 Å². The number of benzene rings is 2. The Balaban J connectivity index is 1.59. The standard InChI is InChI=1S/C25H36N4O2/c1-5-26-25(27-17-21-11-12-23(30-3)16-24(21)31-4)28-22-13-14-29(19(2)15-22)18-20-9-7-6-8-10-20/h6-12,16,19,22H,5,13-15,17-18H2,1-4H3,(H2,26,27,28). The van der Waals surface area contributed by atoms with E-state index in [1.165, 1.54) is 5.56 Å². The SMILES string of the molecule is CCNC(=NCc1ccc(OC)cc1OC)NC1CCN(Cc2ccccc2)C(C)C1. The second-order valence-corrected chi connectivity index (χ2v) is 8.04. The van der Waals surface area contributed by atoms with Crippen molar-refractivity contribution in [1.82, 2.24) is 15.5 Å². The van der Waals surface area contributed by atoms with Crippen LogP contribution in [0.15, 0.2) is 53.5 Å². The highest BCUT2D eigenvalue weighted by Gasteiger charge is 2.26. The average Bonchev–Trinajstić information content (AvgIpc) is 2.80. The van der Waals surface area contributed by atoms with Gasteiger partial charge in [-0.1, -0.05) is 30.3 Å². The number of aliphatic imine (C=N–C) groups is 1. The lowest BCUT2D eigenvalue weighted by Crippen LogP contribution is -2.51. The highest BCUT2D eigenvalue weighted by molar-refractivity contribution is 5.80. The Labute approximate surface area is 186 Å². The Morgan fingerprint density at radius 1 is 1.13 bits per heavy atom. The number of methoxy groups -OCH3 is 2. The maximum Gasteiger partial charge on any atom is 0.191 e. The predicted octanol–water partition coefficient (Wildman–Crippen LogP) is 3.81. The van der Waals surface area contributed by atoms with E-state index >= 15 is 0 Å². The first kappa shape index (κ1) is 22.9. The molecule has 168 valence electrons. The van der Waals surface area contributed by atoms with Crippen LogP contribution >= 0.6 is 0 Å². The first-order valence-corrected chi connectivity index (χ1v) is 11.2. The Bertz CT molecular complexity index is 841. The summed E-state index contributed by atoms with van der Waals surface area (Å²) in [6.45, 7) is 7.89. The Hall–Kier alpha value is -2.73. The van der Waals surface area contributed by atoms with Crippen LogP contribution in [0.2, 0.25) is 0 Å². The maximum atomic E-state index is 5.51. The quantitative estimate of drug-likeness (QED) is 0.498.